The molecule has 0 bridgehead atoms. The van der Waals surface area contributed by atoms with Crippen molar-refractivity contribution in [1.29, 1.82) is 0 Å². The molecule has 1 heterocycles. The highest BCUT2D eigenvalue weighted by atomic mass is 32.2. The molecule has 0 aromatic heterocycles. The van der Waals surface area contributed by atoms with E-state index in [2.05, 4.69) is 5.32 Å². The van der Waals surface area contributed by atoms with Gasteiger partial charge in [-0.25, -0.2) is 12.7 Å². The first-order valence-electron chi connectivity index (χ1n) is 7.91. The molecule has 7 heteroatoms. The SMILES string of the molecule is O=C(NCC1CCCC1)c1cccc(N2C(=O)CCS2(=O)=O)c1. The van der Waals surface area contributed by atoms with Crippen molar-refractivity contribution in [2.24, 2.45) is 5.92 Å². The van der Waals surface area contributed by atoms with Crippen LogP contribution >= 0.6 is 0 Å². The Kier molecular flexibility index (Phi) is 4.39. The third-order valence-corrected chi connectivity index (χ3v) is 6.14. The Balaban J connectivity index is 1.74. The summed E-state index contributed by atoms with van der Waals surface area (Å²) in [4.78, 5) is 24.1. The third-order valence-electron chi connectivity index (χ3n) is 4.45. The Morgan fingerprint density at radius 1 is 1.26 bits per heavy atom. The molecule has 0 unspecified atom stereocenters. The summed E-state index contributed by atoms with van der Waals surface area (Å²) in [5.74, 6) is -0.330. The summed E-state index contributed by atoms with van der Waals surface area (Å²) in [7, 11) is -3.61. The number of amides is 2. The van der Waals surface area contributed by atoms with Crippen molar-refractivity contribution in [2.75, 3.05) is 16.6 Å². The maximum absolute atomic E-state index is 12.2. The molecular formula is C16H20N2O4S. The van der Waals surface area contributed by atoms with E-state index in [-0.39, 0.29) is 23.8 Å². The Morgan fingerprint density at radius 2 is 2.00 bits per heavy atom. The van der Waals surface area contributed by atoms with Crippen molar-refractivity contribution < 1.29 is 18.0 Å². The quantitative estimate of drug-likeness (QED) is 0.906. The van der Waals surface area contributed by atoms with Gasteiger partial charge in [0.05, 0.1) is 11.4 Å². The zero-order valence-electron chi connectivity index (χ0n) is 12.8. The summed E-state index contributed by atoms with van der Waals surface area (Å²) in [5, 5.41) is 2.90. The van der Waals surface area contributed by atoms with Gasteiger partial charge in [0.25, 0.3) is 5.91 Å². The zero-order valence-corrected chi connectivity index (χ0v) is 13.6. The molecule has 124 valence electrons. The van der Waals surface area contributed by atoms with Crippen molar-refractivity contribution in [3.63, 3.8) is 0 Å². The lowest BCUT2D eigenvalue weighted by atomic mass is 10.1. The van der Waals surface area contributed by atoms with Crippen LogP contribution < -0.4 is 9.62 Å². The third kappa shape index (κ3) is 3.39. The molecule has 2 aliphatic rings. The Bertz CT molecular complexity index is 723. The van der Waals surface area contributed by atoms with E-state index in [1.807, 2.05) is 0 Å². The fraction of sp³-hybridized carbons (Fsp3) is 0.500. The van der Waals surface area contributed by atoms with Gasteiger partial charge in [0.15, 0.2) is 0 Å². The minimum atomic E-state index is -3.61. The highest BCUT2D eigenvalue weighted by Gasteiger charge is 2.36. The smallest absolute Gasteiger partial charge is 0.251 e. The van der Waals surface area contributed by atoms with Gasteiger partial charge < -0.3 is 5.32 Å². The highest BCUT2D eigenvalue weighted by Crippen LogP contribution is 2.26. The molecule has 1 saturated heterocycles. The summed E-state index contributed by atoms with van der Waals surface area (Å²) in [5.41, 5.74) is 0.608. The lowest BCUT2D eigenvalue weighted by molar-refractivity contribution is -0.116. The van der Waals surface area contributed by atoms with Crippen LogP contribution in [0.1, 0.15) is 42.5 Å². The second-order valence-corrected chi connectivity index (χ2v) is 8.07. The second-order valence-electron chi connectivity index (χ2n) is 6.13. The zero-order chi connectivity index (χ0) is 16.4. The van der Waals surface area contributed by atoms with Crippen LogP contribution in [0.25, 0.3) is 0 Å². The maximum atomic E-state index is 12.2. The molecule has 0 radical (unpaired) electrons. The molecule has 0 atom stereocenters. The Labute approximate surface area is 135 Å². The van der Waals surface area contributed by atoms with E-state index in [1.54, 1.807) is 12.1 Å². The second kappa shape index (κ2) is 6.31. The largest absolute Gasteiger partial charge is 0.352 e. The van der Waals surface area contributed by atoms with E-state index in [4.69, 9.17) is 0 Å². The summed E-state index contributed by atoms with van der Waals surface area (Å²) in [6, 6.07) is 6.22. The van der Waals surface area contributed by atoms with E-state index in [0.29, 0.717) is 18.0 Å². The lowest BCUT2D eigenvalue weighted by Crippen LogP contribution is -2.31. The minimum Gasteiger partial charge on any atom is -0.352 e. The number of benzene rings is 1. The number of carbonyl (C=O) groups is 2. The molecule has 1 aromatic carbocycles. The molecule has 1 saturated carbocycles. The fourth-order valence-corrected chi connectivity index (χ4v) is 4.65. The normalized spacial score (nSPS) is 20.9. The summed E-state index contributed by atoms with van der Waals surface area (Å²) in [6.07, 6.45) is 4.69. The number of hydrogen-bond acceptors (Lipinski definition) is 4. The van der Waals surface area contributed by atoms with Gasteiger partial charge in [0, 0.05) is 18.5 Å². The number of sulfonamides is 1. The van der Waals surface area contributed by atoms with Crippen molar-refractivity contribution in [3.05, 3.63) is 29.8 Å². The van der Waals surface area contributed by atoms with Gasteiger partial charge in [0.2, 0.25) is 15.9 Å². The van der Waals surface area contributed by atoms with Crippen molar-refractivity contribution in [2.45, 2.75) is 32.1 Å². The van der Waals surface area contributed by atoms with Gasteiger partial charge in [-0.3, -0.25) is 9.59 Å². The molecule has 1 aliphatic heterocycles. The van der Waals surface area contributed by atoms with Crippen molar-refractivity contribution >= 4 is 27.5 Å². The predicted molar refractivity (Wildman–Crippen MR) is 86.6 cm³/mol. The lowest BCUT2D eigenvalue weighted by Gasteiger charge is -2.16. The molecule has 1 aromatic rings. The Hall–Kier alpha value is -1.89. The molecule has 1 aliphatic carbocycles. The van der Waals surface area contributed by atoms with Crippen LogP contribution in [0.4, 0.5) is 5.69 Å². The van der Waals surface area contributed by atoms with E-state index in [9.17, 15) is 18.0 Å². The molecular weight excluding hydrogens is 316 g/mol. The van der Waals surface area contributed by atoms with E-state index in [0.717, 1.165) is 17.1 Å². The van der Waals surface area contributed by atoms with Gasteiger partial charge in [-0.1, -0.05) is 18.9 Å². The summed E-state index contributed by atoms with van der Waals surface area (Å²) >= 11 is 0. The maximum Gasteiger partial charge on any atom is 0.251 e. The first-order valence-corrected chi connectivity index (χ1v) is 9.52. The number of carbonyl (C=O) groups excluding carboxylic acids is 2. The van der Waals surface area contributed by atoms with Crippen molar-refractivity contribution in [1.82, 2.24) is 5.32 Å². The first-order chi connectivity index (χ1) is 11.0. The number of rotatable bonds is 4. The van der Waals surface area contributed by atoms with Crippen molar-refractivity contribution in [3.8, 4) is 0 Å². The van der Waals surface area contributed by atoms with Crippen LogP contribution in [0.3, 0.4) is 0 Å². The molecule has 1 N–H and O–H groups in total. The number of hydrogen-bond donors (Lipinski definition) is 1. The predicted octanol–water partition coefficient (Wildman–Crippen LogP) is 1.67. The molecule has 6 nitrogen and oxygen atoms in total. The van der Waals surface area contributed by atoms with Gasteiger partial charge in [-0.15, -0.1) is 0 Å². The van der Waals surface area contributed by atoms with Gasteiger partial charge in [-0.05, 0) is 37.0 Å². The summed E-state index contributed by atoms with van der Waals surface area (Å²) < 4.78 is 24.7. The van der Waals surface area contributed by atoms with E-state index < -0.39 is 15.9 Å². The van der Waals surface area contributed by atoms with Gasteiger partial charge in [-0.2, -0.15) is 0 Å². The average molecular weight is 336 g/mol. The van der Waals surface area contributed by atoms with Crippen LogP contribution in [0.15, 0.2) is 24.3 Å². The van der Waals surface area contributed by atoms with E-state index in [1.165, 1.54) is 25.0 Å². The van der Waals surface area contributed by atoms with E-state index >= 15 is 0 Å². The number of nitrogens with zero attached hydrogens (tertiary/aromatic N) is 1. The fourth-order valence-electron chi connectivity index (χ4n) is 3.20. The first kappa shape index (κ1) is 16.0. The summed E-state index contributed by atoms with van der Waals surface area (Å²) in [6.45, 7) is 0.643. The molecule has 23 heavy (non-hydrogen) atoms. The molecule has 0 spiro atoms. The molecule has 2 fully saturated rings. The topological polar surface area (TPSA) is 83.6 Å². The monoisotopic (exact) mass is 336 g/mol. The Morgan fingerprint density at radius 3 is 2.65 bits per heavy atom. The van der Waals surface area contributed by atoms with Crippen LogP contribution in [0.5, 0.6) is 0 Å². The number of nitrogens with one attached hydrogen (secondary N) is 1. The van der Waals surface area contributed by atoms with Crippen LogP contribution in [0, 0.1) is 5.92 Å². The van der Waals surface area contributed by atoms with Crippen LogP contribution in [-0.4, -0.2) is 32.5 Å². The molecule has 2 amide bonds. The minimum absolute atomic E-state index is 0.0135. The average Bonchev–Trinajstić information content (AvgIpc) is 3.13. The number of anilines is 1. The van der Waals surface area contributed by atoms with Crippen LogP contribution in [0.2, 0.25) is 0 Å². The molecule has 3 rings (SSSR count). The standard InChI is InChI=1S/C16H20N2O4S/c19-15-8-9-23(21,22)18(15)14-7-3-6-13(10-14)16(20)17-11-12-4-1-2-5-12/h3,6-7,10,12H,1-2,4-5,8-9,11H2,(H,17,20). The van der Waals surface area contributed by atoms with Gasteiger partial charge >= 0.3 is 0 Å². The highest BCUT2D eigenvalue weighted by molar-refractivity contribution is 7.94. The van der Waals surface area contributed by atoms with Gasteiger partial charge in [0.1, 0.15) is 0 Å². The van der Waals surface area contributed by atoms with Crippen LogP contribution in [-0.2, 0) is 14.8 Å².